The highest BCUT2D eigenvalue weighted by molar-refractivity contribution is 5.69. The maximum absolute atomic E-state index is 11.7. The number of likely N-dealkylation sites (N-methyl/N-ethyl adjacent to an activating group) is 1. The molecule has 0 rings (SSSR count). The van der Waals surface area contributed by atoms with Crippen molar-refractivity contribution < 1.29 is 19.5 Å². The molecule has 0 aromatic heterocycles. The third-order valence-electron chi connectivity index (χ3n) is 4.43. The third-order valence-corrected chi connectivity index (χ3v) is 4.43. The van der Waals surface area contributed by atoms with Crippen LogP contribution in [-0.2, 0) is 9.53 Å². The SMILES string of the molecule is CCCCCCCC(O)CCC(=O)OCC[NH+](CC)CCCC. The normalized spacial score (nSPS) is 13.7. The molecule has 0 saturated carbocycles. The van der Waals surface area contributed by atoms with Crippen LogP contribution in [0.2, 0.25) is 0 Å². The number of ether oxygens (including phenoxy) is 1. The van der Waals surface area contributed by atoms with Crippen LogP contribution in [0.5, 0.6) is 0 Å². The van der Waals surface area contributed by atoms with Gasteiger partial charge in [0, 0.05) is 6.42 Å². The number of hydrogen-bond donors (Lipinski definition) is 2. The van der Waals surface area contributed by atoms with Crippen LogP contribution < -0.4 is 4.90 Å². The van der Waals surface area contributed by atoms with Crippen LogP contribution in [0.4, 0.5) is 0 Å². The zero-order chi connectivity index (χ0) is 17.3. The van der Waals surface area contributed by atoms with E-state index in [-0.39, 0.29) is 12.1 Å². The first-order valence-electron chi connectivity index (χ1n) is 9.81. The van der Waals surface area contributed by atoms with Crippen LogP contribution >= 0.6 is 0 Å². The van der Waals surface area contributed by atoms with Crippen molar-refractivity contribution in [1.82, 2.24) is 0 Å². The van der Waals surface area contributed by atoms with Gasteiger partial charge in [-0.2, -0.15) is 0 Å². The van der Waals surface area contributed by atoms with E-state index in [1.165, 1.54) is 43.4 Å². The van der Waals surface area contributed by atoms with Crippen molar-refractivity contribution in [2.45, 2.75) is 91.1 Å². The summed E-state index contributed by atoms with van der Waals surface area (Å²) in [6.45, 7) is 10.2. The van der Waals surface area contributed by atoms with Crippen LogP contribution in [0.15, 0.2) is 0 Å². The molecule has 0 amide bonds. The Balaban J connectivity index is 3.57. The van der Waals surface area contributed by atoms with Gasteiger partial charge in [0.15, 0.2) is 0 Å². The zero-order valence-corrected chi connectivity index (χ0v) is 15.7. The van der Waals surface area contributed by atoms with Crippen molar-refractivity contribution >= 4 is 5.97 Å². The zero-order valence-electron chi connectivity index (χ0n) is 15.7. The Morgan fingerprint density at radius 1 is 0.957 bits per heavy atom. The predicted octanol–water partition coefficient (Wildman–Crippen LogP) is 2.74. The minimum atomic E-state index is -0.355. The lowest BCUT2D eigenvalue weighted by atomic mass is 10.1. The lowest BCUT2D eigenvalue weighted by Gasteiger charge is -2.17. The number of quaternary nitrogens is 1. The first-order chi connectivity index (χ1) is 11.1. The molecule has 0 aromatic rings. The molecule has 0 spiro atoms. The van der Waals surface area contributed by atoms with Crippen molar-refractivity contribution in [3.63, 3.8) is 0 Å². The number of rotatable bonds is 16. The molecule has 0 radical (unpaired) electrons. The fourth-order valence-electron chi connectivity index (χ4n) is 2.70. The lowest BCUT2D eigenvalue weighted by Crippen LogP contribution is -3.12. The molecular formula is C19H40NO3+. The first kappa shape index (κ1) is 22.4. The number of hydrogen-bond acceptors (Lipinski definition) is 3. The van der Waals surface area contributed by atoms with Gasteiger partial charge in [0.05, 0.1) is 19.2 Å². The summed E-state index contributed by atoms with van der Waals surface area (Å²) in [5, 5.41) is 9.89. The van der Waals surface area contributed by atoms with Gasteiger partial charge in [-0.05, 0) is 26.2 Å². The van der Waals surface area contributed by atoms with Gasteiger partial charge < -0.3 is 14.7 Å². The molecule has 0 saturated heterocycles. The average Bonchev–Trinajstić information content (AvgIpc) is 2.55. The van der Waals surface area contributed by atoms with Gasteiger partial charge in [0.25, 0.3) is 0 Å². The minimum absolute atomic E-state index is 0.166. The van der Waals surface area contributed by atoms with Crippen molar-refractivity contribution in [3.05, 3.63) is 0 Å². The quantitative estimate of drug-likeness (QED) is 0.338. The third kappa shape index (κ3) is 14.7. The van der Waals surface area contributed by atoms with Gasteiger partial charge in [0.1, 0.15) is 13.2 Å². The Morgan fingerprint density at radius 2 is 1.65 bits per heavy atom. The number of nitrogens with one attached hydrogen (secondary N) is 1. The first-order valence-corrected chi connectivity index (χ1v) is 9.81. The summed E-state index contributed by atoms with van der Waals surface area (Å²) >= 11 is 0. The van der Waals surface area contributed by atoms with E-state index in [2.05, 4.69) is 20.8 Å². The summed E-state index contributed by atoms with van der Waals surface area (Å²) in [5.74, 6) is -0.166. The molecule has 4 heteroatoms. The molecule has 2 atom stereocenters. The number of carbonyl (C=O) groups is 1. The number of carbonyl (C=O) groups excluding carboxylic acids is 1. The van der Waals surface area contributed by atoms with Gasteiger partial charge in [0.2, 0.25) is 0 Å². The molecule has 2 unspecified atom stereocenters. The molecule has 0 aliphatic heterocycles. The van der Waals surface area contributed by atoms with Crippen LogP contribution in [0.3, 0.4) is 0 Å². The van der Waals surface area contributed by atoms with Crippen molar-refractivity contribution in [3.8, 4) is 0 Å². The average molecular weight is 331 g/mol. The van der Waals surface area contributed by atoms with Gasteiger partial charge >= 0.3 is 5.97 Å². The number of esters is 1. The fraction of sp³-hybridized carbons (Fsp3) is 0.947. The van der Waals surface area contributed by atoms with Crippen molar-refractivity contribution in [2.75, 3.05) is 26.2 Å². The molecule has 0 fully saturated rings. The summed E-state index contributed by atoms with van der Waals surface area (Å²) in [6, 6.07) is 0. The summed E-state index contributed by atoms with van der Waals surface area (Å²) in [4.78, 5) is 13.2. The second-order valence-electron chi connectivity index (χ2n) is 6.57. The molecule has 23 heavy (non-hydrogen) atoms. The molecule has 0 bridgehead atoms. The standard InChI is InChI=1S/C19H39NO3/c1-4-7-9-10-11-12-18(21)13-14-19(22)23-17-16-20(6-3)15-8-5-2/h18,21H,4-17H2,1-3H3/p+1. The molecule has 0 aliphatic carbocycles. The van der Waals surface area contributed by atoms with Crippen LogP contribution in [-0.4, -0.2) is 43.4 Å². The van der Waals surface area contributed by atoms with E-state index in [1.54, 1.807) is 0 Å². The predicted molar refractivity (Wildman–Crippen MR) is 95.7 cm³/mol. The Hall–Kier alpha value is -0.610. The Morgan fingerprint density at radius 3 is 2.30 bits per heavy atom. The van der Waals surface area contributed by atoms with Crippen LogP contribution in [0.25, 0.3) is 0 Å². The molecular weight excluding hydrogens is 290 g/mol. The second kappa shape index (κ2) is 16.3. The maximum Gasteiger partial charge on any atom is 0.306 e. The second-order valence-corrected chi connectivity index (χ2v) is 6.57. The summed E-state index contributed by atoms with van der Waals surface area (Å²) in [7, 11) is 0. The number of aliphatic hydroxyl groups is 1. The van der Waals surface area contributed by atoms with E-state index < -0.39 is 0 Å². The summed E-state index contributed by atoms with van der Waals surface area (Å²) in [5.41, 5.74) is 0. The monoisotopic (exact) mass is 330 g/mol. The van der Waals surface area contributed by atoms with Gasteiger partial charge in [-0.3, -0.25) is 4.79 Å². The molecule has 0 aliphatic rings. The Bertz CT molecular complexity index is 271. The summed E-state index contributed by atoms with van der Waals surface area (Å²) < 4.78 is 5.29. The highest BCUT2D eigenvalue weighted by Crippen LogP contribution is 2.10. The highest BCUT2D eigenvalue weighted by Gasteiger charge is 2.11. The van der Waals surface area contributed by atoms with E-state index in [1.807, 2.05) is 0 Å². The number of aliphatic hydroxyl groups excluding tert-OH is 1. The van der Waals surface area contributed by atoms with Crippen molar-refractivity contribution in [1.29, 1.82) is 0 Å². The van der Waals surface area contributed by atoms with Crippen molar-refractivity contribution in [2.24, 2.45) is 0 Å². The van der Waals surface area contributed by atoms with E-state index in [4.69, 9.17) is 4.74 Å². The topological polar surface area (TPSA) is 51.0 Å². The highest BCUT2D eigenvalue weighted by atomic mass is 16.5. The van der Waals surface area contributed by atoms with E-state index in [0.29, 0.717) is 19.4 Å². The van der Waals surface area contributed by atoms with Gasteiger partial charge in [-0.15, -0.1) is 0 Å². The molecule has 2 N–H and O–H groups in total. The molecule has 138 valence electrons. The van der Waals surface area contributed by atoms with Gasteiger partial charge in [-0.25, -0.2) is 0 Å². The molecule has 0 heterocycles. The van der Waals surface area contributed by atoms with Crippen LogP contribution in [0.1, 0.15) is 85.0 Å². The maximum atomic E-state index is 11.7. The number of unbranched alkanes of at least 4 members (excludes halogenated alkanes) is 5. The molecule has 0 aromatic carbocycles. The minimum Gasteiger partial charge on any atom is -0.460 e. The summed E-state index contributed by atoms with van der Waals surface area (Å²) in [6.07, 6.45) is 9.76. The van der Waals surface area contributed by atoms with E-state index in [9.17, 15) is 9.90 Å². The fourth-order valence-corrected chi connectivity index (χ4v) is 2.70. The largest absolute Gasteiger partial charge is 0.460 e. The lowest BCUT2D eigenvalue weighted by molar-refractivity contribution is -0.898. The Labute approximate surface area is 143 Å². The van der Waals surface area contributed by atoms with Crippen LogP contribution in [0, 0.1) is 0 Å². The van der Waals surface area contributed by atoms with E-state index in [0.717, 1.165) is 32.5 Å². The smallest absolute Gasteiger partial charge is 0.306 e. The van der Waals surface area contributed by atoms with Gasteiger partial charge in [-0.1, -0.05) is 52.4 Å². The van der Waals surface area contributed by atoms with E-state index >= 15 is 0 Å². The molecule has 4 nitrogen and oxygen atoms in total. The Kier molecular flexibility index (Phi) is 15.8.